The van der Waals surface area contributed by atoms with Gasteiger partial charge in [0.15, 0.2) is 0 Å². The van der Waals surface area contributed by atoms with Crippen molar-refractivity contribution in [2.75, 3.05) is 5.32 Å². The summed E-state index contributed by atoms with van der Waals surface area (Å²) in [5, 5.41) is 6.57. The molecule has 1 heterocycles. The topological polar surface area (TPSA) is 75.5 Å². The molecule has 2 amide bonds. The molecule has 0 bridgehead atoms. The van der Waals surface area contributed by atoms with Gasteiger partial charge in [-0.15, -0.1) is 0 Å². The summed E-state index contributed by atoms with van der Waals surface area (Å²) in [6.45, 7) is 9.94. The molecule has 0 spiro atoms. The Balaban J connectivity index is 1.69. The Hall–Kier alpha value is -3.67. The summed E-state index contributed by atoms with van der Waals surface area (Å²) in [6, 6.07) is 15.7. The summed E-state index contributed by atoms with van der Waals surface area (Å²) in [5.74, 6) is -1.58. The molecule has 2 N–H and O–H groups in total. The van der Waals surface area contributed by atoms with E-state index in [2.05, 4.69) is 39.5 Å². The first kappa shape index (κ1) is 21.0. The second-order valence-corrected chi connectivity index (χ2v) is 7.48. The second-order valence-electron chi connectivity index (χ2n) is 7.48. The van der Waals surface area contributed by atoms with Crippen LogP contribution in [0, 0.1) is 34.6 Å². The number of anilines is 1. The summed E-state index contributed by atoms with van der Waals surface area (Å²) < 4.78 is 2.14. The Labute approximate surface area is 176 Å². The van der Waals surface area contributed by atoms with Gasteiger partial charge < -0.3 is 9.88 Å². The molecule has 0 atom stereocenters. The summed E-state index contributed by atoms with van der Waals surface area (Å²) in [4.78, 5) is 24.2. The van der Waals surface area contributed by atoms with Crippen molar-refractivity contribution in [3.8, 4) is 5.69 Å². The van der Waals surface area contributed by atoms with Gasteiger partial charge in [-0.3, -0.25) is 9.59 Å². The molecule has 154 valence electrons. The van der Waals surface area contributed by atoms with E-state index in [1.807, 2.05) is 64.1 Å². The number of benzene rings is 2. The highest BCUT2D eigenvalue weighted by Gasteiger charge is 2.14. The Bertz CT molecular complexity index is 1120. The van der Waals surface area contributed by atoms with Crippen molar-refractivity contribution in [2.24, 2.45) is 5.10 Å². The number of hydrogen-bond donors (Lipinski definition) is 2. The molecule has 0 radical (unpaired) electrons. The lowest BCUT2D eigenvalue weighted by molar-refractivity contribution is -0.136. The lowest BCUT2D eigenvalue weighted by Crippen LogP contribution is -2.32. The van der Waals surface area contributed by atoms with Gasteiger partial charge >= 0.3 is 11.8 Å². The number of carbonyl (C=O) groups excluding carboxylic acids is 2. The molecular formula is C24H26N4O2. The maximum atomic E-state index is 12.1. The molecule has 0 aliphatic carbocycles. The minimum Gasteiger partial charge on any atom is -0.318 e. The van der Waals surface area contributed by atoms with Crippen LogP contribution in [-0.4, -0.2) is 22.6 Å². The van der Waals surface area contributed by atoms with Crippen LogP contribution in [0.4, 0.5) is 5.69 Å². The first-order chi connectivity index (χ1) is 14.3. The van der Waals surface area contributed by atoms with E-state index in [9.17, 15) is 9.59 Å². The maximum absolute atomic E-state index is 12.1. The number of carbonyl (C=O) groups is 2. The maximum Gasteiger partial charge on any atom is 0.329 e. The number of aryl methyl sites for hydroxylation is 4. The van der Waals surface area contributed by atoms with Gasteiger partial charge in [-0.05, 0) is 75.6 Å². The number of hydrazone groups is 1. The highest BCUT2D eigenvalue weighted by atomic mass is 16.2. The van der Waals surface area contributed by atoms with Crippen LogP contribution in [0.2, 0.25) is 0 Å². The molecule has 2 aromatic carbocycles. The van der Waals surface area contributed by atoms with Crippen molar-refractivity contribution in [1.82, 2.24) is 9.99 Å². The minimum atomic E-state index is -0.821. The normalized spacial score (nSPS) is 11.0. The van der Waals surface area contributed by atoms with Crippen molar-refractivity contribution < 1.29 is 9.59 Å². The van der Waals surface area contributed by atoms with E-state index in [1.165, 1.54) is 5.56 Å². The van der Waals surface area contributed by atoms with E-state index >= 15 is 0 Å². The molecule has 0 saturated carbocycles. The van der Waals surface area contributed by atoms with Crippen LogP contribution in [0.5, 0.6) is 0 Å². The monoisotopic (exact) mass is 402 g/mol. The van der Waals surface area contributed by atoms with Crippen molar-refractivity contribution in [3.63, 3.8) is 0 Å². The van der Waals surface area contributed by atoms with Gasteiger partial charge in [-0.1, -0.05) is 24.3 Å². The van der Waals surface area contributed by atoms with Gasteiger partial charge in [0.2, 0.25) is 0 Å². The molecule has 0 saturated heterocycles. The van der Waals surface area contributed by atoms with E-state index in [1.54, 1.807) is 6.21 Å². The summed E-state index contributed by atoms with van der Waals surface area (Å²) >= 11 is 0. The Kier molecular flexibility index (Phi) is 6.16. The Morgan fingerprint density at radius 3 is 2.23 bits per heavy atom. The van der Waals surface area contributed by atoms with Crippen LogP contribution in [0.15, 0.2) is 53.6 Å². The van der Waals surface area contributed by atoms with E-state index in [4.69, 9.17) is 0 Å². The van der Waals surface area contributed by atoms with Crippen molar-refractivity contribution in [2.45, 2.75) is 34.6 Å². The first-order valence-electron chi connectivity index (χ1n) is 9.74. The fourth-order valence-electron chi connectivity index (χ4n) is 3.55. The fourth-order valence-corrected chi connectivity index (χ4v) is 3.55. The van der Waals surface area contributed by atoms with E-state index < -0.39 is 11.8 Å². The first-order valence-corrected chi connectivity index (χ1v) is 9.74. The molecule has 0 aliphatic heterocycles. The molecule has 0 aliphatic rings. The number of aromatic nitrogens is 1. The number of hydrogen-bond acceptors (Lipinski definition) is 3. The van der Waals surface area contributed by atoms with Crippen LogP contribution >= 0.6 is 0 Å². The van der Waals surface area contributed by atoms with Crippen molar-refractivity contribution in [3.05, 3.63) is 82.2 Å². The number of rotatable bonds is 4. The van der Waals surface area contributed by atoms with E-state index in [-0.39, 0.29) is 0 Å². The van der Waals surface area contributed by atoms with Gasteiger partial charge in [0.1, 0.15) is 0 Å². The third kappa shape index (κ3) is 4.66. The zero-order valence-corrected chi connectivity index (χ0v) is 17.9. The molecule has 30 heavy (non-hydrogen) atoms. The predicted molar refractivity (Wildman–Crippen MR) is 120 cm³/mol. The van der Waals surface area contributed by atoms with Crippen LogP contribution in [0.1, 0.15) is 33.6 Å². The van der Waals surface area contributed by atoms with Crippen LogP contribution < -0.4 is 10.7 Å². The molecule has 6 heteroatoms. The zero-order chi connectivity index (χ0) is 21.8. The molecule has 3 aromatic rings. The average molecular weight is 402 g/mol. The van der Waals surface area contributed by atoms with Crippen molar-refractivity contribution in [1.29, 1.82) is 0 Å². The standard InChI is InChI=1S/C24H26N4O2/c1-15-10-16(2)12-21(11-15)26-23(29)24(30)27-25-14-20-13-18(4)28(19(20)5)22-9-7-6-8-17(22)3/h6-14H,1-5H3,(H,26,29)(H,27,30)/b25-14-. The highest BCUT2D eigenvalue weighted by Crippen LogP contribution is 2.22. The third-order valence-electron chi connectivity index (χ3n) is 4.88. The van der Waals surface area contributed by atoms with Gasteiger partial charge in [-0.25, -0.2) is 5.43 Å². The number of para-hydroxylation sites is 1. The van der Waals surface area contributed by atoms with Gasteiger partial charge in [0.05, 0.1) is 6.21 Å². The second kappa shape index (κ2) is 8.78. The van der Waals surface area contributed by atoms with Crippen molar-refractivity contribution >= 4 is 23.7 Å². The lowest BCUT2D eigenvalue weighted by atomic mass is 10.1. The van der Waals surface area contributed by atoms with Gasteiger partial charge in [-0.2, -0.15) is 5.10 Å². The Morgan fingerprint density at radius 2 is 1.57 bits per heavy atom. The largest absolute Gasteiger partial charge is 0.329 e. The number of nitrogens with one attached hydrogen (secondary N) is 2. The molecule has 3 rings (SSSR count). The van der Waals surface area contributed by atoms with E-state index in [0.717, 1.165) is 33.8 Å². The lowest BCUT2D eigenvalue weighted by Gasteiger charge is -2.12. The van der Waals surface area contributed by atoms with Crippen LogP contribution in [0.25, 0.3) is 5.69 Å². The fraction of sp³-hybridized carbons (Fsp3) is 0.208. The zero-order valence-electron chi connectivity index (χ0n) is 17.9. The van der Waals surface area contributed by atoms with E-state index in [0.29, 0.717) is 5.69 Å². The smallest absolute Gasteiger partial charge is 0.318 e. The van der Waals surface area contributed by atoms with Gasteiger partial charge in [0, 0.05) is 28.3 Å². The summed E-state index contributed by atoms with van der Waals surface area (Å²) in [6.07, 6.45) is 1.55. The molecule has 0 fully saturated rings. The molecule has 0 unspecified atom stereocenters. The highest BCUT2D eigenvalue weighted by molar-refractivity contribution is 6.39. The molecule has 1 aromatic heterocycles. The average Bonchev–Trinajstić information content (AvgIpc) is 2.95. The SMILES string of the molecule is Cc1cc(C)cc(NC(=O)C(=O)N/N=C\c2cc(C)n(-c3ccccc3C)c2C)c1. The minimum absolute atomic E-state index is 0.582. The molecule has 6 nitrogen and oxygen atoms in total. The van der Waals surface area contributed by atoms with Gasteiger partial charge in [0.25, 0.3) is 0 Å². The van der Waals surface area contributed by atoms with Crippen LogP contribution in [-0.2, 0) is 9.59 Å². The summed E-state index contributed by atoms with van der Waals surface area (Å²) in [5.41, 5.74) is 10.1. The quantitative estimate of drug-likeness (QED) is 0.391. The number of nitrogens with zero attached hydrogens (tertiary/aromatic N) is 2. The molecular weight excluding hydrogens is 376 g/mol. The summed E-state index contributed by atoms with van der Waals surface area (Å²) in [7, 11) is 0. The third-order valence-corrected chi connectivity index (χ3v) is 4.88. The van der Waals surface area contributed by atoms with Crippen LogP contribution in [0.3, 0.4) is 0 Å². The number of amides is 2. The Morgan fingerprint density at radius 1 is 0.900 bits per heavy atom. The predicted octanol–water partition coefficient (Wildman–Crippen LogP) is 4.11.